The molecule has 26 heavy (non-hydrogen) atoms. The monoisotopic (exact) mass is 450 g/mol. The molecule has 0 heterocycles. The fourth-order valence-electron chi connectivity index (χ4n) is 5.17. The molecule has 0 aromatic carbocycles. The van der Waals surface area contributed by atoms with Crippen molar-refractivity contribution in [1.82, 2.24) is 0 Å². The molecule has 2 rings (SSSR count). The highest BCUT2D eigenvalue weighted by atomic mass is 28.5. The molecule has 2 saturated carbocycles. The Hall–Kier alpha value is 0.924. The average Bonchev–Trinajstić information content (AvgIpc) is 2.93. The number of hydrogen-bond donors (Lipinski definition) is 0. The van der Waals surface area contributed by atoms with E-state index in [9.17, 15) is 0 Å². The molecule has 4 nitrogen and oxygen atoms in total. The maximum Gasteiger partial charge on any atom is 0.320 e. The predicted molar refractivity (Wildman–Crippen MR) is 122 cm³/mol. The fourth-order valence-corrected chi connectivity index (χ4v) is 26.6. The van der Waals surface area contributed by atoms with Gasteiger partial charge >= 0.3 is 17.1 Å². The van der Waals surface area contributed by atoms with E-state index in [0.717, 1.165) is 11.8 Å². The molecule has 2 aliphatic rings. The number of rotatable bonds is 9. The minimum absolute atomic E-state index is 0.624. The standard InChI is InChI=1S/C17H42O4Si5/c1-22(18-23(2,3)4)19-26(10,17-14-15-11-12-16(17)13-15)21-25(8,9)20-24(5,6)7/h15-17,22H,11-14H2,1-10H3. The number of hydrogen-bond acceptors (Lipinski definition) is 4. The fraction of sp³-hybridized carbons (Fsp3) is 1.00. The third-order valence-electron chi connectivity index (χ3n) is 5.33. The topological polar surface area (TPSA) is 36.9 Å². The van der Waals surface area contributed by atoms with Crippen molar-refractivity contribution in [2.45, 2.75) is 96.7 Å². The van der Waals surface area contributed by atoms with Crippen molar-refractivity contribution in [3.8, 4) is 0 Å². The van der Waals surface area contributed by atoms with Crippen LogP contribution in [-0.4, -0.2) is 43.0 Å². The summed E-state index contributed by atoms with van der Waals surface area (Å²) in [5.74, 6) is 1.71. The predicted octanol–water partition coefficient (Wildman–Crippen LogP) is 5.54. The summed E-state index contributed by atoms with van der Waals surface area (Å²) < 4.78 is 26.7. The Balaban J connectivity index is 2.18. The van der Waals surface area contributed by atoms with Gasteiger partial charge in [-0.2, -0.15) is 0 Å². The van der Waals surface area contributed by atoms with Gasteiger partial charge in [-0.1, -0.05) is 12.8 Å². The van der Waals surface area contributed by atoms with Crippen LogP contribution in [-0.2, 0) is 16.5 Å². The van der Waals surface area contributed by atoms with Gasteiger partial charge in [0.05, 0.1) is 0 Å². The maximum atomic E-state index is 6.96. The maximum absolute atomic E-state index is 6.96. The summed E-state index contributed by atoms with van der Waals surface area (Å²) in [5, 5.41) is 0. The van der Waals surface area contributed by atoms with E-state index in [0.29, 0.717) is 5.54 Å². The summed E-state index contributed by atoms with van der Waals surface area (Å²) in [7, 11) is -9.49. The van der Waals surface area contributed by atoms with Gasteiger partial charge in [0.1, 0.15) is 0 Å². The van der Waals surface area contributed by atoms with Gasteiger partial charge in [0.15, 0.2) is 16.6 Å². The second-order valence-electron chi connectivity index (χ2n) is 10.9. The van der Waals surface area contributed by atoms with Crippen molar-refractivity contribution in [2.24, 2.45) is 11.8 Å². The summed E-state index contributed by atoms with van der Waals surface area (Å²) in [5.41, 5.74) is 0.624. The molecule has 0 spiro atoms. The first-order valence-electron chi connectivity index (χ1n) is 10.3. The Bertz CT molecular complexity index is 491. The molecule has 0 saturated heterocycles. The Morgan fingerprint density at radius 2 is 1.35 bits per heavy atom. The molecule has 5 atom stereocenters. The SMILES string of the molecule is C[SiH](O[Si](C)(C)C)O[Si](C)(O[Si](C)(C)O[Si](C)(C)C)C1CC2CCC1C2. The highest BCUT2D eigenvalue weighted by Crippen LogP contribution is 2.56. The molecule has 0 aromatic rings. The lowest BCUT2D eigenvalue weighted by atomic mass is 10.0. The van der Waals surface area contributed by atoms with Crippen molar-refractivity contribution < 1.29 is 16.5 Å². The van der Waals surface area contributed by atoms with Gasteiger partial charge in [-0.25, -0.2) is 0 Å². The zero-order chi connectivity index (χ0) is 20.0. The summed E-state index contributed by atoms with van der Waals surface area (Å²) >= 11 is 0. The minimum Gasteiger partial charge on any atom is -0.439 e. The Morgan fingerprint density at radius 1 is 0.731 bits per heavy atom. The molecule has 0 N–H and O–H groups in total. The Morgan fingerprint density at radius 3 is 1.77 bits per heavy atom. The quantitative estimate of drug-likeness (QED) is 0.432. The van der Waals surface area contributed by atoms with Crippen molar-refractivity contribution in [3.63, 3.8) is 0 Å². The van der Waals surface area contributed by atoms with E-state index in [4.69, 9.17) is 16.5 Å². The van der Waals surface area contributed by atoms with Crippen molar-refractivity contribution in [1.29, 1.82) is 0 Å². The lowest BCUT2D eigenvalue weighted by Crippen LogP contribution is -2.59. The van der Waals surface area contributed by atoms with Gasteiger partial charge in [0.2, 0.25) is 0 Å². The van der Waals surface area contributed by atoms with Gasteiger partial charge < -0.3 is 16.5 Å². The van der Waals surface area contributed by atoms with Crippen molar-refractivity contribution in [2.75, 3.05) is 0 Å². The number of fused-ring (bicyclic) bond motifs is 2. The van der Waals surface area contributed by atoms with Crippen LogP contribution in [0, 0.1) is 11.8 Å². The highest BCUT2D eigenvalue weighted by molar-refractivity contribution is 6.88. The van der Waals surface area contributed by atoms with Crippen LogP contribution in [0.2, 0.25) is 71.0 Å². The molecule has 0 amide bonds. The Kier molecular flexibility index (Phi) is 7.12. The van der Waals surface area contributed by atoms with Crippen LogP contribution in [0.4, 0.5) is 0 Å². The van der Waals surface area contributed by atoms with Crippen LogP contribution in [0.1, 0.15) is 25.7 Å². The van der Waals surface area contributed by atoms with Crippen LogP contribution < -0.4 is 0 Å². The summed E-state index contributed by atoms with van der Waals surface area (Å²) in [6, 6.07) is 0. The zero-order valence-electron chi connectivity index (χ0n) is 18.8. The van der Waals surface area contributed by atoms with Crippen LogP contribution in [0.3, 0.4) is 0 Å². The van der Waals surface area contributed by atoms with Gasteiger partial charge in [0, 0.05) is 5.54 Å². The van der Waals surface area contributed by atoms with Gasteiger partial charge in [0.25, 0.3) is 9.28 Å². The van der Waals surface area contributed by atoms with Crippen LogP contribution in [0.15, 0.2) is 0 Å². The second kappa shape index (κ2) is 7.98. The van der Waals surface area contributed by atoms with Crippen LogP contribution in [0.5, 0.6) is 0 Å². The molecule has 0 aliphatic heterocycles. The van der Waals surface area contributed by atoms with E-state index in [1.165, 1.54) is 25.7 Å². The van der Waals surface area contributed by atoms with E-state index in [-0.39, 0.29) is 0 Å². The van der Waals surface area contributed by atoms with Gasteiger partial charge in [-0.3, -0.25) is 0 Å². The smallest absolute Gasteiger partial charge is 0.320 e. The van der Waals surface area contributed by atoms with E-state index in [1.54, 1.807) is 0 Å². The molecule has 2 bridgehead atoms. The largest absolute Gasteiger partial charge is 0.439 e. The van der Waals surface area contributed by atoms with Crippen molar-refractivity contribution in [3.05, 3.63) is 0 Å². The molecule has 0 aromatic heterocycles. The van der Waals surface area contributed by atoms with E-state index < -0.39 is 43.0 Å². The molecule has 2 aliphatic carbocycles. The normalized spacial score (nSPS) is 30.5. The van der Waals surface area contributed by atoms with Gasteiger partial charge in [-0.05, 0) is 90.1 Å². The van der Waals surface area contributed by atoms with Crippen molar-refractivity contribution >= 4 is 43.0 Å². The molecule has 0 radical (unpaired) electrons. The van der Waals surface area contributed by atoms with Crippen LogP contribution in [0.25, 0.3) is 0 Å². The first kappa shape index (κ1) is 23.2. The van der Waals surface area contributed by atoms with E-state index in [2.05, 4.69) is 65.5 Å². The molecule has 2 fully saturated rings. The average molecular weight is 451 g/mol. The second-order valence-corrected chi connectivity index (χ2v) is 29.6. The zero-order valence-corrected chi connectivity index (χ0v) is 23.9. The first-order chi connectivity index (χ1) is 11.6. The van der Waals surface area contributed by atoms with Crippen LogP contribution >= 0.6 is 0 Å². The third-order valence-corrected chi connectivity index (χ3v) is 22.7. The summed E-state index contributed by atoms with van der Waals surface area (Å²) in [4.78, 5) is 0. The van der Waals surface area contributed by atoms with Gasteiger partial charge in [-0.15, -0.1) is 0 Å². The molecule has 154 valence electrons. The first-order valence-corrected chi connectivity index (χ1v) is 24.5. The lowest BCUT2D eigenvalue weighted by molar-refractivity contribution is 0.274. The van der Waals surface area contributed by atoms with E-state index in [1.807, 2.05) is 0 Å². The molecule has 5 unspecified atom stereocenters. The van der Waals surface area contributed by atoms with E-state index >= 15 is 0 Å². The highest BCUT2D eigenvalue weighted by Gasteiger charge is 2.56. The molecular weight excluding hydrogens is 409 g/mol. The third kappa shape index (κ3) is 6.76. The summed E-state index contributed by atoms with van der Waals surface area (Å²) in [6.07, 6.45) is 5.48. The summed E-state index contributed by atoms with van der Waals surface area (Å²) in [6.45, 7) is 22.5. The molecular formula is C17H42O4Si5. The Labute approximate surface area is 168 Å². The lowest BCUT2D eigenvalue weighted by Gasteiger charge is -2.45. The molecule has 9 heteroatoms. The minimum atomic E-state index is -2.35.